The first-order valence-corrected chi connectivity index (χ1v) is 6.27. The third-order valence-corrected chi connectivity index (χ3v) is 3.29. The fourth-order valence-corrected chi connectivity index (χ4v) is 2.17. The predicted octanol–water partition coefficient (Wildman–Crippen LogP) is 2.08. The second-order valence-corrected chi connectivity index (χ2v) is 4.57. The summed E-state index contributed by atoms with van der Waals surface area (Å²) in [7, 11) is 1.34. The fraction of sp³-hybridized carbons (Fsp3) is 0.167. The van der Waals surface area contributed by atoms with Gasteiger partial charge in [-0.3, -0.25) is 10.4 Å². The summed E-state index contributed by atoms with van der Waals surface area (Å²) in [4.78, 5) is 20.0. The van der Waals surface area contributed by atoms with E-state index in [2.05, 4.69) is 25.2 Å². The molecule has 0 radical (unpaired) electrons. The zero-order chi connectivity index (χ0) is 13.7. The molecular formula is C12H12N4O2S. The monoisotopic (exact) mass is 276 g/mol. The van der Waals surface area contributed by atoms with Crippen LogP contribution >= 0.6 is 11.3 Å². The van der Waals surface area contributed by atoms with Crippen LogP contribution in [0.25, 0.3) is 0 Å². The van der Waals surface area contributed by atoms with Crippen molar-refractivity contribution in [3.63, 3.8) is 0 Å². The molecule has 19 heavy (non-hydrogen) atoms. The van der Waals surface area contributed by atoms with E-state index in [1.165, 1.54) is 18.4 Å². The van der Waals surface area contributed by atoms with Crippen molar-refractivity contribution in [2.45, 2.75) is 6.92 Å². The highest BCUT2D eigenvalue weighted by Gasteiger charge is 2.15. The summed E-state index contributed by atoms with van der Waals surface area (Å²) < 4.78 is 4.66. The molecule has 6 nitrogen and oxygen atoms in total. The number of carbonyl (C=O) groups is 1. The van der Waals surface area contributed by atoms with Gasteiger partial charge in [-0.15, -0.1) is 0 Å². The SMILES string of the molecule is COC(=O)c1sc(N/N=C\c2ccncc2)nc1C. The van der Waals surface area contributed by atoms with Gasteiger partial charge in [0.15, 0.2) is 0 Å². The molecule has 1 N–H and O–H groups in total. The molecule has 0 fully saturated rings. The van der Waals surface area contributed by atoms with Crippen LogP contribution in [0.2, 0.25) is 0 Å². The van der Waals surface area contributed by atoms with E-state index in [9.17, 15) is 4.79 Å². The number of ether oxygens (including phenoxy) is 1. The number of thiazole rings is 1. The Morgan fingerprint density at radius 2 is 2.21 bits per heavy atom. The van der Waals surface area contributed by atoms with Crippen LogP contribution < -0.4 is 5.43 Å². The largest absolute Gasteiger partial charge is 0.465 e. The minimum atomic E-state index is -0.388. The summed E-state index contributed by atoms with van der Waals surface area (Å²) in [6.45, 7) is 1.75. The zero-order valence-corrected chi connectivity index (χ0v) is 11.3. The van der Waals surface area contributed by atoms with Gasteiger partial charge in [-0.05, 0) is 24.6 Å². The van der Waals surface area contributed by atoms with Crippen LogP contribution in [0.4, 0.5) is 5.13 Å². The van der Waals surface area contributed by atoms with E-state index in [1.807, 2.05) is 12.1 Å². The number of hydrogen-bond acceptors (Lipinski definition) is 7. The highest BCUT2D eigenvalue weighted by atomic mass is 32.1. The van der Waals surface area contributed by atoms with Crippen LogP contribution in [0, 0.1) is 6.92 Å². The first-order chi connectivity index (χ1) is 9.20. The lowest BCUT2D eigenvalue weighted by molar-refractivity contribution is 0.0605. The number of anilines is 1. The second kappa shape index (κ2) is 6.05. The minimum absolute atomic E-state index is 0.388. The van der Waals surface area contributed by atoms with E-state index in [-0.39, 0.29) is 5.97 Å². The Bertz CT molecular complexity index is 595. The van der Waals surface area contributed by atoms with Gasteiger partial charge in [0.2, 0.25) is 5.13 Å². The van der Waals surface area contributed by atoms with Crippen LogP contribution in [0.5, 0.6) is 0 Å². The van der Waals surface area contributed by atoms with E-state index in [0.717, 1.165) is 5.56 Å². The van der Waals surface area contributed by atoms with Crippen molar-refractivity contribution in [2.24, 2.45) is 5.10 Å². The molecule has 0 bridgehead atoms. The lowest BCUT2D eigenvalue weighted by atomic mass is 10.3. The summed E-state index contributed by atoms with van der Waals surface area (Å²) in [5, 5.41) is 4.59. The number of rotatable bonds is 4. The molecule has 2 aromatic rings. The molecule has 0 amide bonds. The van der Waals surface area contributed by atoms with Crippen molar-refractivity contribution in [3.05, 3.63) is 40.7 Å². The van der Waals surface area contributed by atoms with E-state index in [0.29, 0.717) is 15.7 Å². The molecule has 0 atom stereocenters. The minimum Gasteiger partial charge on any atom is -0.465 e. The second-order valence-electron chi connectivity index (χ2n) is 3.58. The van der Waals surface area contributed by atoms with E-state index < -0.39 is 0 Å². The molecular weight excluding hydrogens is 264 g/mol. The molecule has 0 aromatic carbocycles. The Morgan fingerprint density at radius 1 is 1.47 bits per heavy atom. The Morgan fingerprint density at radius 3 is 2.89 bits per heavy atom. The van der Waals surface area contributed by atoms with Gasteiger partial charge in [0.1, 0.15) is 4.88 Å². The van der Waals surface area contributed by atoms with Gasteiger partial charge in [0, 0.05) is 12.4 Å². The lowest BCUT2D eigenvalue weighted by Gasteiger charge is -1.93. The number of pyridine rings is 1. The van der Waals surface area contributed by atoms with Crippen molar-refractivity contribution < 1.29 is 9.53 Å². The molecule has 0 spiro atoms. The van der Waals surface area contributed by atoms with Gasteiger partial charge < -0.3 is 4.74 Å². The standard InChI is InChI=1S/C12H12N4O2S/c1-8-10(11(17)18-2)19-12(15-8)16-14-7-9-3-5-13-6-4-9/h3-7H,1-2H3,(H,15,16)/b14-7-. The maximum atomic E-state index is 11.4. The van der Waals surface area contributed by atoms with Gasteiger partial charge >= 0.3 is 5.97 Å². The quantitative estimate of drug-likeness (QED) is 0.525. The molecule has 2 heterocycles. The summed E-state index contributed by atoms with van der Waals surface area (Å²) >= 11 is 1.20. The molecule has 0 aliphatic carbocycles. The van der Waals surface area contributed by atoms with Crippen LogP contribution in [-0.2, 0) is 4.74 Å². The molecule has 0 saturated heterocycles. The Kier molecular flexibility index (Phi) is 4.19. The van der Waals surface area contributed by atoms with Crippen molar-refractivity contribution in [3.8, 4) is 0 Å². The fourth-order valence-electron chi connectivity index (χ4n) is 1.34. The third-order valence-electron chi connectivity index (χ3n) is 2.25. The van der Waals surface area contributed by atoms with Crippen molar-refractivity contribution in [1.82, 2.24) is 9.97 Å². The molecule has 0 saturated carbocycles. The number of nitrogens with one attached hydrogen (secondary N) is 1. The van der Waals surface area contributed by atoms with E-state index in [4.69, 9.17) is 0 Å². The number of nitrogens with zero attached hydrogens (tertiary/aromatic N) is 3. The number of aromatic nitrogens is 2. The first kappa shape index (κ1) is 13.2. The van der Waals surface area contributed by atoms with Crippen LogP contribution in [-0.4, -0.2) is 29.3 Å². The summed E-state index contributed by atoms with van der Waals surface area (Å²) in [5.41, 5.74) is 4.33. The lowest BCUT2D eigenvalue weighted by Crippen LogP contribution is -1.99. The van der Waals surface area contributed by atoms with Gasteiger partial charge in [-0.2, -0.15) is 5.10 Å². The highest BCUT2D eigenvalue weighted by molar-refractivity contribution is 7.17. The van der Waals surface area contributed by atoms with Gasteiger partial charge in [0.05, 0.1) is 19.0 Å². The molecule has 98 valence electrons. The van der Waals surface area contributed by atoms with Crippen molar-refractivity contribution in [1.29, 1.82) is 0 Å². The van der Waals surface area contributed by atoms with Crippen LogP contribution in [0.15, 0.2) is 29.6 Å². The Hall–Kier alpha value is -2.28. The number of aryl methyl sites for hydroxylation is 1. The first-order valence-electron chi connectivity index (χ1n) is 5.45. The van der Waals surface area contributed by atoms with Crippen LogP contribution in [0.1, 0.15) is 20.9 Å². The maximum Gasteiger partial charge on any atom is 0.350 e. The van der Waals surface area contributed by atoms with E-state index in [1.54, 1.807) is 25.5 Å². The Labute approximate surface area is 114 Å². The van der Waals surface area contributed by atoms with Gasteiger partial charge in [0.25, 0.3) is 0 Å². The number of hydrogen-bond donors (Lipinski definition) is 1. The highest BCUT2D eigenvalue weighted by Crippen LogP contribution is 2.23. The Balaban J connectivity index is 2.04. The number of methoxy groups -OCH3 is 1. The summed E-state index contributed by atoms with van der Waals surface area (Å²) in [6.07, 6.45) is 5.02. The number of hydrazone groups is 1. The van der Waals surface area contributed by atoms with E-state index >= 15 is 0 Å². The van der Waals surface area contributed by atoms with Crippen molar-refractivity contribution >= 4 is 28.7 Å². The summed E-state index contributed by atoms with van der Waals surface area (Å²) in [6, 6.07) is 3.66. The number of esters is 1. The third kappa shape index (κ3) is 3.35. The van der Waals surface area contributed by atoms with Crippen LogP contribution in [0.3, 0.4) is 0 Å². The average molecular weight is 276 g/mol. The van der Waals surface area contributed by atoms with Gasteiger partial charge in [-0.1, -0.05) is 11.3 Å². The molecule has 2 aromatic heterocycles. The molecule has 7 heteroatoms. The number of carbonyl (C=O) groups excluding carboxylic acids is 1. The molecule has 0 aliphatic rings. The smallest absolute Gasteiger partial charge is 0.350 e. The normalized spacial score (nSPS) is 10.6. The predicted molar refractivity (Wildman–Crippen MR) is 73.6 cm³/mol. The zero-order valence-electron chi connectivity index (χ0n) is 10.5. The average Bonchev–Trinajstić information content (AvgIpc) is 2.80. The van der Waals surface area contributed by atoms with Gasteiger partial charge in [-0.25, -0.2) is 9.78 Å². The molecule has 2 rings (SSSR count). The van der Waals surface area contributed by atoms with Crippen molar-refractivity contribution in [2.75, 3.05) is 12.5 Å². The molecule has 0 unspecified atom stereocenters. The maximum absolute atomic E-state index is 11.4. The molecule has 0 aliphatic heterocycles. The summed E-state index contributed by atoms with van der Waals surface area (Å²) in [5.74, 6) is -0.388. The topological polar surface area (TPSA) is 76.5 Å².